The third-order valence-corrected chi connectivity index (χ3v) is 3.10. The summed E-state index contributed by atoms with van der Waals surface area (Å²) in [4.78, 5) is 20.1. The molecule has 2 N–H and O–H groups in total. The van der Waals surface area contributed by atoms with Gasteiger partial charge in [0.25, 0.3) is 0 Å². The van der Waals surface area contributed by atoms with Crippen molar-refractivity contribution in [2.75, 3.05) is 12.8 Å². The molecule has 2 aromatic heterocycles. The molecule has 0 fully saturated rings. The Morgan fingerprint density at radius 3 is 2.80 bits per heavy atom. The highest BCUT2D eigenvalue weighted by atomic mass is 16.5. The normalized spacial score (nSPS) is 12.4. The maximum atomic E-state index is 11.7. The third-order valence-electron chi connectivity index (χ3n) is 3.10. The van der Waals surface area contributed by atoms with Crippen molar-refractivity contribution in [1.82, 2.24) is 14.5 Å². The van der Waals surface area contributed by atoms with Crippen molar-refractivity contribution in [1.29, 1.82) is 0 Å². The number of oxazole rings is 1. The zero-order valence-corrected chi connectivity index (χ0v) is 12.0. The first-order chi connectivity index (χ1) is 9.49. The lowest BCUT2D eigenvalue weighted by molar-refractivity contribution is 0.0595. The Kier molecular flexibility index (Phi) is 3.78. The number of nitrogen functional groups attached to an aromatic ring is 1. The number of aryl methyl sites for hydroxylation is 2. The number of carbonyl (C=O) groups is 1. The van der Waals surface area contributed by atoms with Gasteiger partial charge in [-0.1, -0.05) is 6.92 Å². The van der Waals surface area contributed by atoms with E-state index in [4.69, 9.17) is 10.2 Å². The van der Waals surface area contributed by atoms with Crippen LogP contribution in [-0.2, 0) is 11.2 Å². The van der Waals surface area contributed by atoms with E-state index < -0.39 is 5.97 Å². The molecule has 20 heavy (non-hydrogen) atoms. The van der Waals surface area contributed by atoms with Crippen LogP contribution in [0.4, 0.5) is 5.82 Å². The number of esters is 1. The molecule has 0 amide bonds. The van der Waals surface area contributed by atoms with Crippen LogP contribution in [0, 0.1) is 6.92 Å². The number of hydrogen-bond donors (Lipinski definition) is 1. The zero-order valence-electron chi connectivity index (χ0n) is 12.0. The van der Waals surface area contributed by atoms with Crippen molar-refractivity contribution in [3.8, 4) is 0 Å². The van der Waals surface area contributed by atoms with Crippen molar-refractivity contribution >= 4 is 11.8 Å². The maximum Gasteiger partial charge on any atom is 0.360 e. The van der Waals surface area contributed by atoms with Crippen LogP contribution in [0.5, 0.6) is 0 Å². The molecule has 0 bridgehead atoms. The fourth-order valence-corrected chi connectivity index (χ4v) is 2.10. The first-order valence-electron chi connectivity index (χ1n) is 6.36. The van der Waals surface area contributed by atoms with E-state index in [9.17, 15) is 4.79 Å². The SMILES string of the molecule is CCc1nc(C(=O)OC)c(N)n1C(C)c1ncc(C)o1. The van der Waals surface area contributed by atoms with Crippen LogP contribution in [0.25, 0.3) is 0 Å². The summed E-state index contributed by atoms with van der Waals surface area (Å²) in [5.41, 5.74) is 6.16. The van der Waals surface area contributed by atoms with Crippen molar-refractivity contribution in [3.63, 3.8) is 0 Å². The molecule has 0 spiro atoms. The Morgan fingerprint density at radius 1 is 1.60 bits per heavy atom. The second-order valence-corrected chi connectivity index (χ2v) is 4.46. The van der Waals surface area contributed by atoms with E-state index in [0.717, 1.165) is 5.76 Å². The summed E-state index contributed by atoms with van der Waals surface area (Å²) < 4.78 is 12.0. The Bertz CT molecular complexity index is 630. The van der Waals surface area contributed by atoms with E-state index in [1.165, 1.54) is 7.11 Å². The highest BCUT2D eigenvalue weighted by Gasteiger charge is 2.25. The van der Waals surface area contributed by atoms with E-state index >= 15 is 0 Å². The third kappa shape index (κ3) is 2.26. The topological polar surface area (TPSA) is 96.2 Å². The second kappa shape index (κ2) is 5.36. The standard InChI is InChI=1S/C13H18N4O3/c1-5-9-16-10(13(18)19-4)11(14)17(9)8(3)12-15-6-7(2)20-12/h6,8H,5,14H2,1-4H3. The summed E-state index contributed by atoms with van der Waals surface area (Å²) in [6.45, 7) is 5.65. The summed E-state index contributed by atoms with van der Waals surface area (Å²) in [5, 5.41) is 0. The van der Waals surface area contributed by atoms with Crippen LogP contribution >= 0.6 is 0 Å². The average Bonchev–Trinajstić information content (AvgIpc) is 3.01. The lowest BCUT2D eigenvalue weighted by Crippen LogP contribution is -2.14. The Balaban J connectivity index is 2.50. The number of hydrogen-bond acceptors (Lipinski definition) is 6. The second-order valence-electron chi connectivity index (χ2n) is 4.46. The highest BCUT2D eigenvalue weighted by molar-refractivity contribution is 5.92. The number of imidazole rings is 1. The molecule has 7 heteroatoms. The molecule has 0 aliphatic heterocycles. The van der Waals surface area contributed by atoms with Crippen molar-refractivity contribution in [3.05, 3.63) is 29.4 Å². The van der Waals surface area contributed by atoms with Gasteiger partial charge in [-0.25, -0.2) is 14.8 Å². The average molecular weight is 278 g/mol. The number of aromatic nitrogens is 3. The smallest absolute Gasteiger partial charge is 0.360 e. The van der Waals surface area contributed by atoms with Crippen molar-refractivity contribution < 1.29 is 13.9 Å². The monoisotopic (exact) mass is 278 g/mol. The molecule has 108 valence electrons. The number of ether oxygens (including phenoxy) is 1. The van der Waals surface area contributed by atoms with Crippen LogP contribution in [0.3, 0.4) is 0 Å². The molecule has 0 saturated carbocycles. The number of nitrogens with zero attached hydrogens (tertiary/aromatic N) is 3. The molecule has 2 aromatic rings. The van der Waals surface area contributed by atoms with Gasteiger partial charge >= 0.3 is 5.97 Å². The van der Waals surface area contributed by atoms with Crippen LogP contribution in [0.15, 0.2) is 10.6 Å². The highest BCUT2D eigenvalue weighted by Crippen LogP contribution is 2.26. The molecule has 0 aliphatic carbocycles. The van der Waals surface area contributed by atoms with Gasteiger partial charge in [-0.3, -0.25) is 0 Å². The number of methoxy groups -OCH3 is 1. The summed E-state index contributed by atoms with van der Waals surface area (Å²) in [6.07, 6.45) is 2.27. The molecule has 7 nitrogen and oxygen atoms in total. The molecule has 2 rings (SSSR count). The lowest BCUT2D eigenvalue weighted by Gasteiger charge is -2.14. The van der Waals surface area contributed by atoms with E-state index in [1.807, 2.05) is 20.8 Å². The van der Waals surface area contributed by atoms with Crippen LogP contribution in [0.2, 0.25) is 0 Å². The Morgan fingerprint density at radius 2 is 2.30 bits per heavy atom. The van der Waals surface area contributed by atoms with E-state index in [0.29, 0.717) is 18.1 Å². The fraction of sp³-hybridized carbons (Fsp3) is 0.462. The van der Waals surface area contributed by atoms with Gasteiger partial charge in [-0.05, 0) is 13.8 Å². The first kappa shape index (κ1) is 14.1. The molecule has 0 aliphatic rings. The quantitative estimate of drug-likeness (QED) is 0.855. The maximum absolute atomic E-state index is 11.7. The van der Waals surface area contributed by atoms with E-state index in [1.54, 1.807) is 10.8 Å². The molecular formula is C13H18N4O3. The minimum absolute atomic E-state index is 0.125. The number of rotatable bonds is 4. The predicted molar refractivity (Wildman–Crippen MR) is 72.4 cm³/mol. The van der Waals surface area contributed by atoms with Crippen molar-refractivity contribution in [2.24, 2.45) is 0 Å². The van der Waals surface area contributed by atoms with Gasteiger partial charge in [0.2, 0.25) is 5.89 Å². The Hall–Kier alpha value is -2.31. The molecule has 0 saturated heterocycles. The van der Waals surface area contributed by atoms with E-state index in [-0.39, 0.29) is 17.6 Å². The molecule has 2 heterocycles. The Labute approximate surface area is 116 Å². The van der Waals surface area contributed by atoms with E-state index in [2.05, 4.69) is 14.7 Å². The fourth-order valence-electron chi connectivity index (χ4n) is 2.10. The minimum Gasteiger partial charge on any atom is -0.464 e. The largest absolute Gasteiger partial charge is 0.464 e. The predicted octanol–water partition coefficient (Wildman–Crippen LogP) is 1.72. The first-order valence-corrected chi connectivity index (χ1v) is 6.36. The van der Waals surface area contributed by atoms with Gasteiger partial charge < -0.3 is 19.5 Å². The molecular weight excluding hydrogens is 260 g/mol. The van der Waals surface area contributed by atoms with Gasteiger partial charge in [0.1, 0.15) is 23.4 Å². The van der Waals surface area contributed by atoms with Gasteiger partial charge in [0.05, 0.1) is 13.3 Å². The summed E-state index contributed by atoms with van der Waals surface area (Å²) in [7, 11) is 1.30. The minimum atomic E-state index is -0.549. The van der Waals surface area contributed by atoms with Crippen LogP contribution in [-0.4, -0.2) is 27.6 Å². The molecule has 1 unspecified atom stereocenters. The number of nitrogens with two attached hydrogens (primary N) is 1. The van der Waals surface area contributed by atoms with Gasteiger partial charge in [-0.2, -0.15) is 0 Å². The number of carbonyl (C=O) groups excluding carboxylic acids is 1. The molecule has 1 atom stereocenters. The summed E-state index contributed by atoms with van der Waals surface area (Å²) in [5.74, 6) is 1.64. The van der Waals surface area contributed by atoms with Crippen molar-refractivity contribution in [2.45, 2.75) is 33.2 Å². The van der Waals surface area contributed by atoms with Gasteiger partial charge in [-0.15, -0.1) is 0 Å². The zero-order chi connectivity index (χ0) is 14.9. The summed E-state index contributed by atoms with van der Waals surface area (Å²) >= 11 is 0. The van der Waals surface area contributed by atoms with Crippen LogP contribution in [0.1, 0.15) is 47.9 Å². The number of anilines is 1. The molecule has 0 aromatic carbocycles. The van der Waals surface area contributed by atoms with Crippen LogP contribution < -0.4 is 5.73 Å². The van der Waals surface area contributed by atoms with Gasteiger partial charge in [0.15, 0.2) is 5.69 Å². The summed E-state index contributed by atoms with van der Waals surface area (Å²) in [6, 6.07) is -0.246. The lowest BCUT2D eigenvalue weighted by atomic mass is 10.3. The van der Waals surface area contributed by atoms with Gasteiger partial charge in [0, 0.05) is 6.42 Å². The molecule has 0 radical (unpaired) electrons.